The summed E-state index contributed by atoms with van der Waals surface area (Å²) < 4.78 is 4.95. The van der Waals surface area contributed by atoms with Gasteiger partial charge < -0.3 is 10.1 Å². The molecule has 0 aliphatic carbocycles. The number of carbonyl (C=O) groups excluding carboxylic acids is 2. The Bertz CT molecular complexity index is 1370. The summed E-state index contributed by atoms with van der Waals surface area (Å²) in [6, 6.07) is 17.8. The first-order valence-corrected chi connectivity index (χ1v) is 12.1. The van der Waals surface area contributed by atoms with Gasteiger partial charge in [0.1, 0.15) is 5.00 Å². The lowest BCUT2D eigenvalue weighted by Gasteiger charge is -2.12. The summed E-state index contributed by atoms with van der Waals surface area (Å²) in [7, 11) is 1.34. The van der Waals surface area contributed by atoms with Crippen LogP contribution >= 0.6 is 11.3 Å². The molecule has 0 radical (unpaired) electrons. The fourth-order valence-corrected chi connectivity index (χ4v) is 5.07. The van der Waals surface area contributed by atoms with E-state index in [1.54, 1.807) is 0 Å². The maximum Gasteiger partial charge on any atom is 0.341 e. The zero-order valence-electron chi connectivity index (χ0n) is 20.1. The Morgan fingerprint density at radius 2 is 1.76 bits per heavy atom. The fraction of sp³-hybridized carbons (Fsp3) is 0.250. The van der Waals surface area contributed by atoms with Crippen LogP contribution in [-0.4, -0.2) is 24.0 Å². The molecular formula is C28H28N2O3S. The normalized spacial score (nSPS) is 11.1. The fourth-order valence-electron chi connectivity index (χ4n) is 4.03. The molecule has 0 spiro atoms. The molecule has 2 aromatic heterocycles. The summed E-state index contributed by atoms with van der Waals surface area (Å²) in [4.78, 5) is 31.6. The van der Waals surface area contributed by atoms with Gasteiger partial charge in [-0.05, 0) is 49.4 Å². The Morgan fingerprint density at radius 3 is 2.44 bits per heavy atom. The van der Waals surface area contributed by atoms with Crippen LogP contribution in [0.15, 0.2) is 54.6 Å². The molecule has 0 saturated heterocycles. The number of methoxy groups -OCH3 is 1. The van der Waals surface area contributed by atoms with Crippen LogP contribution in [0.3, 0.4) is 0 Å². The lowest BCUT2D eigenvalue weighted by molar-refractivity contribution is 0.0601. The van der Waals surface area contributed by atoms with Gasteiger partial charge in [-0.1, -0.05) is 56.3 Å². The quantitative estimate of drug-likeness (QED) is 0.313. The van der Waals surface area contributed by atoms with Crippen molar-refractivity contribution < 1.29 is 14.3 Å². The van der Waals surface area contributed by atoms with E-state index >= 15 is 0 Å². The lowest BCUT2D eigenvalue weighted by atomic mass is 9.99. The average molecular weight is 473 g/mol. The summed E-state index contributed by atoms with van der Waals surface area (Å²) in [6.45, 7) is 8.18. The summed E-state index contributed by atoms with van der Waals surface area (Å²) >= 11 is 1.37. The first-order valence-electron chi connectivity index (χ1n) is 11.3. The predicted molar refractivity (Wildman–Crippen MR) is 139 cm³/mol. The number of para-hydroxylation sites is 1. The van der Waals surface area contributed by atoms with Crippen molar-refractivity contribution in [2.45, 2.75) is 34.1 Å². The number of nitrogens with one attached hydrogen (secondary N) is 1. The summed E-state index contributed by atoms with van der Waals surface area (Å²) in [5.41, 5.74) is 5.41. The molecule has 4 aromatic rings. The number of carbonyl (C=O) groups is 2. The van der Waals surface area contributed by atoms with Gasteiger partial charge in [-0.15, -0.1) is 11.3 Å². The van der Waals surface area contributed by atoms with Crippen molar-refractivity contribution in [1.82, 2.24) is 4.98 Å². The van der Waals surface area contributed by atoms with E-state index in [1.165, 1.54) is 24.0 Å². The maximum atomic E-state index is 13.5. The number of benzene rings is 2. The second kappa shape index (κ2) is 9.77. The Kier molecular flexibility index (Phi) is 6.80. The number of pyridine rings is 1. The van der Waals surface area contributed by atoms with Crippen LogP contribution < -0.4 is 5.32 Å². The standard InChI is InChI=1S/C28H28N2O3S/c1-16(2)14-19-10-12-20(13-11-19)24-15-22(21-8-6-7-9-23(21)29-24)26(31)30-27-25(28(32)33-5)17(3)18(4)34-27/h6-13,15-16H,14H2,1-5H3,(H,30,31). The molecule has 2 aromatic carbocycles. The van der Waals surface area contributed by atoms with Crippen LogP contribution in [0, 0.1) is 19.8 Å². The third-order valence-corrected chi connectivity index (χ3v) is 6.98. The summed E-state index contributed by atoms with van der Waals surface area (Å²) in [5.74, 6) is -0.166. The van der Waals surface area contributed by atoms with Crippen molar-refractivity contribution in [2.75, 3.05) is 12.4 Å². The Hall–Kier alpha value is -3.51. The summed E-state index contributed by atoms with van der Waals surface area (Å²) in [6.07, 6.45) is 1.02. The summed E-state index contributed by atoms with van der Waals surface area (Å²) in [5, 5.41) is 4.20. The van der Waals surface area contributed by atoms with Gasteiger partial charge in [0.2, 0.25) is 0 Å². The number of nitrogens with zero attached hydrogens (tertiary/aromatic N) is 1. The first kappa shape index (κ1) is 23.6. The Labute approximate surface area is 203 Å². The number of esters is 1. The molecule has 4 rings (SSSR count). The molecule has 5 nitrogen and oxygen atoms in total. The number of aromatic nitrogens is 1. The molecule has 0 atom stereocenters. The first-order chi connectivity index (χ1) is 16.3. The van der Waals surface area contributed by atoms with Gasteiger partial charge >= 0.3 is 5.97 Å². The van der Waals surface area contributed by atoms with E-state index in [0.717, 1.165) is 39.0 Å². The lowest BCUT2D eigenvalue weighted by Crippen LogP contribution is -2.15. The Morgan fingerprint density at radius 1 is 1.06 bits per heavy atom. The highest BCUT2D eigenvalue weighted by atomic mass is 32.1. The number of aryl methyl sites for hydroxylation is 1. The van der Waals surface area contributed by atoms with E-state index in [-0.39, 0.29) is 5.91 Å². The van der Waals surface area contributed by atoms with Crippen LogP contribution in [0.5, 0.6) is 0 Å². The second-order valence-corrected chi connectivity index (χ2v) is 10.0. The van der Waals surface area contributed by atoms with Crippen molar-refractivity contribution in [3.63, 3.8) is 0 Å². The molecule has 0 aliphatic rings. The number of thiophene rings is 1. The van der Waals surface area contributed by atoms with Crippen molar-refractivity contribution in [3.8, 4) is 11.3 Å². The minimum absolute atomic E-state index is 0.289. The third-order valence-electron chi connectivity index (χ3n) is 5.86. The molecule has 0 unspecified atom stereocenters. The van der Waals surface area contributed by atoms with Crippen molar-refractivity contribution in [2.24, 2.45) is 5.92 Å². The molecule has 1 amide bonds. The van der Waals surface area contributed by atoms with Crippen molar-refractivity contribution >= 4 is 39.1 Å². The van der Waals surface area contributed by atoms with E-state index < -0.39 is 5.97 Å². The highest BCUT2D eigenvalue weighted by Crippen LogP contribution is 2.34. The Balaban J connectivity index is 1.75. The van der Waals surface area contributed by atoms with Crippen LogP contribution in [0.4, 0.5) is 5.00 Å². The zero-order chi connectivity index (χ0) is 24.4. The van der Waals surface area contributed by atoms with Crippen molar-refractivity contribution in [3.05, 3.63) is 81.7 Å². The highest BCUT2D eigenvalue weighted by Gasteiger charge is 2.23. The van der Waals surface area contributed by atoms with Crippen molar-refractivity contribution in [1.29, 1.82) is 0 Å². The molecule has 0 fully saturated rings. The molecular weight excluding hydrogens is 444 g/mol. The molecule has 0 bridgehead atoms. The molecule has 6 heteroatoms. The van der Waals surface area contributed by atoms with E-state index in [9.17, 15) is 9.59 Å². The number of ether oxygens (including phenoxy) is 1. The highest BCUT2D eigenvalue weighted by molar-refractivity contribution is 7.16. The molecule has 2 heterocycles. The van der Waals surface area contributed by atoms with Gasteiger partial charge in [-0.25, -0.2) is 9.78 Å². The maximum absolute atomic E-state index is 13.5. The largest absolute Gasteiger partial charge is 0.465 e. The van der Waals surface area contributed by atoms with Crippen LogP contribution in [0.1, 0.15) is 50.6 Å². The molecule has 1 N–H and O–H groups in total. The smallest absolute Gasteiger partial charge is 0.341 e. The molecule has 0 aliphatic heterocycles. The topological polar surface area (TPSA) is 68.3 Å². The molecule has 174 valence electrons. The number of amides is 1. The number of hydrogen-bond acceptors (Lipinski definition) is 5. The SMILES string of the molecule is COC(=O)c1c(NC(=O)c2cc(-c3ccc(CC(C)C)cc3)nc3ccccc23)sc(C)c1C. The van der Waals surface area contributed by atoms with E-state index in [2.05, 4.69) is 43.4 Å². The molecule has 34 heavy (non-hydrogen) atoms. The second-order valence-electron chi connectivity index (χ2n) is 8.80. The number of hydrogen-bond donors (Lipinski definition) is 1. The predicted octanol–water partition coefficient (Wildman–Crippen LogP) is 6.82. The minimum Gasteiger partial charge on any atom is -0.465 e. The average Bonchev–Trinajstić information content (AvgIpc) is 3.10. The van der Waals surface area contributed by atoms with Gasteiger partial charge in [0.15, 0.2) is 0 Å². The van der Waals surface area contributed by atoms with E-state index in [0.29, 0.717) is 22.0 Å². The van der Waals surface area contributed by atoms with Gasteiger partial charge in [0, 0.05) is 15.8 Å². The zero-order valence-corrected chi connectivity index (χ0v) is 20.9. The monoisotopic (exact) mass is 472 g/mol. The van der Waals surface area contributed by atoms with Crippen LogP contribution in [-0.2, 0) is 11.2 Å². The number of fused-ring (bicyclic) bond motifs is 1. The minimum atomic E-state index is -0.459. The van der Waals surface area contributed by atoms with Crippen LogP contribution in [0.25, 0.3) is 22.2 Å². The van der Waals surface area contributed by atoms with Crippen LogP contribution in [0.2, 0.25) is 0 Å². The van der Waals surface area contributed by atoms with E-state index in [1.807, 2.05) is 44.2 Å². The number of anilines is 1. The van der Waals surface area contributed by atoms with E-state index in [4.69, 9.17) is 9.72 Å². The van der Waals surface area contributed by atoms with Gasteiger partial charge in [-0.2, -0.15) is 0 Å². The van der Waals surface area contributed by atoms with Gasteiger partial charge in [-0.3, -0.25) is 4.79 Å². The molecule has 0 saturated carbocycles. The van der Waals surface area contributed by atoms with Gasteiger partial charge in [0.25, 0.3) is 5.91 Å². The third kappa shape index (κ3) is 4.73. The number of rotatable bonds is 6. The van der Waals surface area contributed by atoms with Gasteiger partial charge in [0.05, 0.1) is 29.4 Å².